The molecule has 2 aromatic heterocycles. The molecule has 3 heterocycles. The lowest BCUT2D eigenvalue weighted by Gasteiger charge is -2.24. The lowest BCUT2D eigenvalue weighted by molar-refractivity contribution is 0.0716. The van der Waals surface area contributed by atoms with Crippen molar-refractivity contribution in [3.8, 4) is 11.5 Å². The third kappa shape index (κ3) is 3.96. The minimum absolute atomic E-state index is 0.0914. The van der Waals surface area contributed by atoms with Crippen LogP contribution < -0.4 is 9.47 Å². The van der Waals surface area contributed by atoms with Gasteiger partial charge in [-0.15, -0.1) is 0 Å². The Balaban J connectivity index is 1.64. The van der Waals surface area contributed by atoms with Crippen LogP contribution in [0.25, 0.3) is 0 Å². The van der Waals surface area contributed by atoms with Crippen LogP contribution in [0.15, 0.2) is 30.3 Å². The van der Waals surface area contributed by atoms with Gasteiger partial charge in [0.2, 0.25) is 0 Å². The third-order valence-corrected chi connectivity index (χ3v) is 5.01. The second kappa shape index (κ2) is 7.62. The molecule has 0 saturated heterocycles. The predicted molar refractivity (Wildman–Crippen MR) is 107 cm³/mol. The molecule has 1 amide bonds. The largest absolute Gasteiger partial charge is 0.486 e. The van der Waals surface area contributed by atoms with Crippen molar-refractivity contribution in [2.24, 2.45) is 14.1 Å². The number of rotatable bonds is 5. The van der Waals surface area contributed by atoms with Gasteiger partial charge in [0.05, 0.1) is 17.9 Å². The van der Waals surface area contributed by atoms with Crippen molar-refractivity contribution in [1.82, 2.24) is 24.5 Å². The number of carbonyl (C=O) groups excluding carboxylic acids is 1. The number of aryl methyl sites for hydroxylation is 4. The van der Waals surface area contributed by atoms with Gasteiger partial charge in [-0.2, -0.15) is 10.2 Å². The maximum atomic E-state index is 13.3. The first-order valence-corrected chi connectivity index (χ1v) is 9.58. The molecule has 4 rings (SSSR count). The van der Waals surface area contributed by atoms with Gasteiger partial charge in [-0.05, 0) is 43.7 Å². The van der Waals surface area contributed by atoms with E-state index < -0.39 is 0 Å². The number of hydrogen-bond acceptors (Lipinski definition) is 5. The first-order chi connectivity index (χ1) is 13.9. The molecule has 0 bridgehead atoms. The maximum absolute atomic E-state index is 13.3. The van der Waals surface area contributed by atoms with E-state index in [1.165, 1.54) is 0 Å². The summed E-state index contributed by atoms with van der Waals surface area (Å²) in [5.41, 5.74) is 4.21. The lowest BCUT2D eigenvalue weighted by atomic mass is 10.1. The van der Waals surface area contributed by atoms with E-state index in [1.54, 1.807) is 16.6 Å². The van der Waals surface area contributed by atoms with Crippen molar-refractivity contribution in [2.75, 3.05) is 13.2 Å². The topological polar surface area (TPSA) is 74.4 Å². The van der Waals surface area contributed by atoms with E-state index in [9.17, 15) is 4.79 Å². The Kier molecular flexibility index (Phi) is 5.00. The van der Waals surface area contributed by atoms with Crippen LogP contribution in [0.2, 0.25) is 0 Å². The summed E-state index contributed by atoms with van der Waals surface area (Å²) in [7, 11) is 3.68. The van der Waals surface area contributed by atoms with Gasteiger partial charge in [-0.1, -0.05) is 6.07 Å². The Labute approximate surface area is 169 Å². The summed E-state index contributed by atoms with van der Waals surface area (Å²) in [5.74, 6) is 1.36. The minimum Gasteiger partial charge on any atom is -0.486 e. The Hall–Kier alpha value is -3.29. The van der Waals surface area contributed by atoms with Crippen molar-refractivity contribution in [3.05, 3.63) is 58.7 Å². The summed E-state index contributed by atoms with van der Waals surface area (Å²) in [5, 5.41) is 8.84. The highest BCUT2D eigenvalue weighted by Gasteiger charge is 2.22. The van der Waals surface area contributed by atoms with Crippen LogP contribution in [-0.4, -0.2) is 43.6 Å². The molecule has 0 radical (unpaired) electrons. The van der Waals surface area contributed by atoms with Gasteiger partial charge in [0.25, 0.3) is 5.91 Å². The average molecular weight is 395 g/mol. The van der Waals surface area contributed by atoms with Crippen LogP contribution in [0.3, 0.4) is 0 Å². The van der Waals surface area contributed by atoms with E-state index in [0.29, 0.717) is 37.7 Å². The Morgan fingerprint density at radius 3 is 2.41 bits per heavy atom. The van der Waals surface area contributed by atoms with Gasteiger partial charge in [-0.3, -0.25) is 14.2 Å². The number of hydrogen-bond donors (Lipinski definition) is 0. The number of nitrogens with zero attached hydrogens (tertiary/aromatic N) is 5. The summed E-state index contributed by atoms with van der Waals surface area (Å²) in [6.07, 6.45) is 0. The molecule has 1 aliphatic rings. The summed E-state index contributed by atoms with van der Waals surface area (Å²) in [4.78, 5) is 15.1. The van der Waals surface area contributed by atoms with E-state index in [1.807, 2.05) is 55.9 Å². The summed E-state index contributed by atoms with van der Waals surface area (Å²) in [6.45, 7) is 5.78. The first-order valence-electron chi connectivity index (χ1n) is 9.58. The highest BCUT2D eigenvalue weighted by Crippen LogP contribution is 2.31. The molecule has 0 atom stereocenters. The Bertz CT molecular complexity index is 1030. The van der Waals surface area contributed by atoms with Crippen LogP contribution in [-0.2, 0) is 27.2 Å². The van der Waals surface area contributed by atoms with Crippen molar-refractivity contribution in [3.63, 3.8) is 0 Å². The second-order valence-corrected chi connectivity index (χ2v) is 7.33. The van der Waals surface area contributed by atoms with Gasteiger partial charge < -0.3 is 14.4 Å². The number of carbonyl (C=O) groups is 1. The van der Waals surface area contributed by atoms with Crippen LogP contribution in [0.4, 0.5) is 0 Å². The number of benzene rings is 1. The third-order valence-electron chi connectivity index (χ3n) is 5.01. The number of aromatic nitrogens is 4. The highest BCUT2D eigenvalue weighted by atomic mass is 16.6. The quantitative estimate of drug-likeness (QED) is 0.663. The van der Waals surface area contributed by atoms with Crippen LogP contribution in [0.1, 0.15) is 33.1 Å². The molecule has 152 valence electrons. The molecule has 29 heavy (non-hydrogen) atoms. The summed E-state index contributed by atoms with van der Waals surface area (Å²) >= 11 is 0. The van der Waals surface area contributed by atoms with E-state index in [4.69, 9.17) is 9.47 Å². The zero-order valence-electron chi connectivity index (χ0n) is 17.2. The van der Waals surface area contributed by atoms with E-state index >= 15 is 0 Å². The lowest BCUT2D eigenvalue weighted by Crippen LogP contribution is -2.32. The molecular formula is C21H25N5O3. The molecule has 0 N–H and O–H groups in total. The van der Waals surface area contributed by atoms with Crippen molar-refractivity contribution in [2.45, 2.75) is 26.9 Å². The fourth-order valence-corrected chi connectivity index (χ4v) is 3.49. The van der Waals surface area contributed by atoms with E-state index in [0.717, 1.165) is 28.4 Å². The van der Waals surface area contributed by atoms with Crippen molar-refractivity contribution in [1.29, 1.82) is 0 Å². The molecule has 1 aliphatic heterocycles. The van der Waals surface area contributed by atoms with Crippen LogP contribution >= 0.6 is 0 Å². The Morgan fingerprint density at radius 2 is 1.76 bits per heavy atom. The molecular weight excluding hydrogens is 370 g/mol. The summed E-state index contributed by atoms with van der Waals surface area (Å²) in [6, 6.07) is 9.60. The monoisotopic (exact) mass is 395 g/mol. The van der Waals surface area contributed by atoms with Crippen molar-refractivity contribution >= 4 is 5.91 Å². The molecule has 0 spiro atoms. The normalized spacial score (nSPS) is 12.8. The van der Waals surface area contributed by atoms with Crippen LogP contribution in [0, 0.1) is 13.8 Å². The molecule has 3 aromatic rings. The molecule has 1 aromatic carbocycles. The molecule has 0 aliphatic carbocycles. The maximum Gasteiger partial charge on any atom is 0.272 e. The summed E-state index contributed by atoms with van der Waals surface area (Å²) < 4.78 is 14.7. The van der Waals surface area contributed by atoms with E-state index in [-0.39, 0.29) is 5.91 Å². The molecule has 8 heteroatoms. The zero-order chi connectivity index (χ0) is 20.5. The first kappa shape index (κ1) is 19.0. The van der Waals surface area contributed by atoms with Crippen molar-refractivity contribution < 1.29 is 14.3 Å². The van der Waals surface area contributed by atoms with Crippen LogP contribution in [0.5, 0.6) is 11.5 Å². The Morgan fingerprint density at radius 1 is 1.00 bits per heavy atom. The molecule has 0 fully saturated rings. The molecule has 8 nitrogen and oxygen atoms in total. The fraction of sp³-hybridized carbons (Fsp3) is 0.381. The highest BCUT2D eigenvalue weighted by molar-refractivity contribution is 5.92. The molecule has 0 unspecified atom stereocenters. The predicted octanol–water partition coefficient (Wildman–Crippen LogP) is 2.38. The number of fused-ring (bicyclic) bond motifs is 1. The number of amides is 1. The zero-order valence-corrected chi connectivity index (χ0v) is 17.2. The van der Waals surface area contributed by atoms with Gasteiger partial charge >= 0.3 is 0 Å². The second-order valence-electron chi connectivity index (χ2n) is 7.33. The average Bonchev–Trinajstić information content (AvgIpc) is 3.20. The molecule has 0 saturated carbocycles. The smallest absolute Gasteiger partial charge is 0.272 e. The fourth-order valence-electron chi connectivity index (χ4n) is 3.49. The minimum atomic E-state index is -0.0914. The van der Waals surface area contributed by atoms with Gasteiger partial charge in [0.1, 0.15) is 18.9 Å². The van der Waals surface area contributed by atoms with Gasteiger partial charge in [-0.25, -0.2) is 0 Å². The van der Waals surface area contributed by atoms with Gasteiger partial charge in [0, 0.05) is 26.3 Å². The van der Waals surface area contributed by atoms with E-state index in [2.05, 4.69) is 10.2 Å². The SMILES string of the molecule is Cc1cc(C(=O)N(Cc2ccc3c(c2)OCCO3)Cc2cc(C)n(C)n2)n(C)n1. The van der Waals surface area contributed by atoms with Gasteiger partial charge in [0.15, 0.2) is 11.5 Å². The number of ether oxygens (including phenoxy) is 2. The standard InChI is InChI=1S/C21H25N5O3/c1-14-9-18(25(4)22-14)21(27)26(13-17-10-15(2)24(3)23-17)12-16-5-6-19-20(11-16)29-8-7-28-19/h5-6,9-11H,7-8,12-13H2,1-4H3.